The summed E-state index contributed by atoms with van der Waals surface area (Å²) in [5, 5.41) is 5.84. The quantitative estimate of drug-likeness (QED) is 0.172. The molecule has 0 aliphatic heterocycles. The van der Waals surface area contributed by atoms with Gasteiger partial charge in [0.05, 0.1) is 18.9 Å². The fourth-order valence-electron chi connectivity index (χ4n) is 3.45. The van der Waals surface area contributed by atoms with E-state index in [1.807, 2.05) is 43.3 Å². The van der Waals surface area contributed by atoms with Crippen LogP contribution < -0.4 is 19.6 Å². The van der Waals surface area contributed by atoms with E-state index in [4.69, 9.17) is 14.2 Å². The Hall–Kier alpha value is -4.65. The molecule has 0 aliphatic rings. The van der Waals surface area contributed by atoms with Crippen molar-refractivity contribution in [1.82, 2.24) is 5.43 Å². The van der Waals surface area contributed by atoms with Crippen molar-refractivity contribution in [3.63, 3.8) is 0 Å². The van der Waals surface area contributed by atoms with Crippen molar-refractivity contribution in [2.24, 2.45) is 5.10 Å². The van der Waals surface area contributed by atoms with Gasteiger partial charge < -0.3 is 14.2 Å². The Morgan fingerprint density at radius 1 is 0.914 bits per heavy atom. The van der Waals surface area contributed by atoms with Gasteiger partial charge >= 0.3 is 5.97 Å². The highest BCUT2D eigenvalue weighted by atomic mass is 16.5. The average molecular weight is 469 g/mol. The summed E-state index contributed by atoms with van der Waals surface area (Å²) in [5.74, 6) is 0.651. The second-order valence-corrected chi connectivity index (χ2v) is 7.71. The zero-order chi connectivity index (χ0) is 24.6. The number of hydrazone groups is 1. The standard InChI is InChI=1S/C28H24N2O5/c1-19-6-5-8-21(16-19)28(32)35-26-15-10-20-7-3-4-9-24(20)25(26)17-29-30-27(31)18-34-23-13-11-22(33-2)12-14-23/h3-17H,18H2,1-2H3,(H,30,31)/b29-17+. The van der Waals surface area contributed by atoms with Crippen molar-refractivity contribution < 1.29 is 23.8 Å². The number of carbonyl (C=O) groups is 2. The monoisotopic (exact) mass is 468 g/mol. The van der Waals surface area contributed by atoms with Gasteiger partial charge in [-0.15, -0.1) is 0 Å². The maximum Gasteiger partial charge on any atom is 0.343 e. The summed E-state index contributed by atoms with van der Waals surface area (Å²) in [7, 11) is 1.58. The topological polar surface area (TPSA) is 86.2 Å². The molecule has 1 amide bonds. The summed E-state index contributed by atoms with van der Waals surface area (Å²) in [4.78, 5) is 24.9. The van der Waals surface area contributed by atoms with E-state index in [0.717, 1.165) is 16.3 Å². The van der Waals surface area contributed by atoms with Crippen molar-refractivity contribution in [1.29, 1.82) is 0 Å². The van der Waals surface area contributed by atoms with Crippen LogP contribution in [0.4, 0.5) is 0 Å². The van der Waals surface area contributed by atoms with Crippen LogP contribution >= 0.6 is 0 Å². The van der Waals surface area contributed by atoms with Gasteiger partial charge in [-0.3, -0.25) is 4.79 Å². The van der Waals surface area contributed by atoms with Crippen LogP contribution in [0, 0.1) is 6.92 Å². The van der Waals surface area contributed by atoms with Gasteiger partial charge in [0.1, 0.15) is 17.2 Å². The van der Waals surface area contributed by atoms with Crippen molar-refractivity contribution in [3.05, 3.63) is 102 Å². The lowest BCUT2D eigenvalue weighted by molar-refractivity contribution is -0.123. The molecule has 0 saturated carbocycles. The average Bonchev–Trinajstić information content (AvgIpc) is 2.88. The van der Waals surface area contributed by atoms with E-state index in [1.165, 1.54) is 6.21 Å². The van der Waals surface area contributed by atoms with Crippen LogP contribution in [0.2, 0.25) is 0 Å². The van der Waals surface area contributed by atoms with Crippen LogP contribution in [0.1, 0.15) is 21.5 Å². The molecule has 0 saturated heterocycles. The second-order valence-electron chi connectivity index (χ2n) is 7.71. The van der Waals surface area contributed by atoms with Gasteiger partial charge in [-0.05, 0) is 60.2 Å². The van der Waals surface area contributed by atoms with Crippen LogP contribution in [-0.2, 0) is 4.79 Å². The first-order valence-corrected chi connectivity index (χ1v) is 10.9. The number of hydrogen-bond acceptors (Lipinski definition) is 6. The highest BCUT2D eigenvalue weighted by Crippen LogP contribution is 2.27. The molecule has 0 unspecified atom stereocenters. The Balaban J connectivity index is 1.48. The molecule has 0 aromatic heterocycles. The number of hydrogen-bond donors (Lipinski definition) is 1. The van der Waals surface area contributed by atoms with E-state index in [0.29, 0.717) is 28.4 Å². The molecule has 4 rings (SSSR count). The largest absolute Gasteiger partial charge is 0.497 e. The molecule has 35 heavy (non-hydrogen) atoms. The highest BCUT2D eigenvalue weighted by molar-refractivity contribution is 6.04. The van der Waals surface area contributed by atoms with Gasteiger partial charge in [-0.1, -0.05) is 48.0 Å². The summed E-state index contributed by atoms with van der Waals surface area (Å²) < 4.78 is 16.3. The van der Waals surface area contributed by atoms with Crippen LogP contribution in [0.15, 0.2) is 90.0 Å². The van der Waals surface area contributed by atoms with Gasteiger partial charge in [-0.2, -0.15) is 5.10 Å². The Bertz CT molecular complexity index is 1380. The second kappa shape index (κ2) is 11.0. The molecule has 176 valence electrons. The predicted octanol–water partition coefficient (Wildman–Crippen LogP) is 4.91. The maximum absolute atomic E-state index is 12.7. The van der Waals surface area contributed by atoms with E-state index in [2.05, 4.69) is 10.5 Å². The Morgan fingerprint density at radius 3 is 2.46 bits per heavy atom. The molecule has 1 N–H and O–H groups in total. The smallest absolute Gasteiger partial charge is 0.343 e. The molecular formula is C28H24N2O5. The van der Waals surface area contributed by atoms with E-state index >= 15 is 0 Å². The lowest BCUT2D eigenvalue weighted by atomic mass is 10.0. The number of amides is 1. The first-order valence-electron chi connectivity index (χ1n) is 10.9. The Morgan fingerprint density at radius 2 is 1.69 bits per heavy atom. The van der Waals surface area contributed by atoms with Crippen molar-refractivity contribution in [2.45, 2.75) is 6.92 Å². The Kier molecular flexibility index (Phi) is 7.37. The zero-order valence-electron chi connectivity index (χ0n) is 19.4. The first kappa shape index (κ1) is 23.5. The molecule has 0 heterocycles. The minimum atomic E-state index is -0.476. The van der Waals surface area contributed by atoms with Crippen LogP contribution in [0.5, 0.6) is 17.2 Å². The van der Waals surface area contributed by atoms with E-state index in [9.17, 15) is 9.59 Å². The number of esters is 1. The van der Waals surface area contributed by atoms with Gasteiger partial charge in [0.2, 0.25) is 0 Å². The maximum atomic E-state index is 12.7. The molecule has 0 bridgehead atoms. The molecule has 0 atom stereocenters. The zero-order valence-corrected chi connectivity index (χ0v) is 19.4. The number of nitrogens with one attached hydrogen (secondary N) is 1. The van der Waals surface area contributed by atoms with E-state index < -0.39 is 11.9 Å². The molecule has 4 aromatic carbocycles. The molecule has 7 nitrogen and oxygen atoms in total. The summed E-state index contributed by atoms with van der Waals surface area (Å²) in [5.41, 5.74) is 4.43. The lowest BCUT2D eigenvalue weighted by Gasteiger charge is -2.11. The number of fused-ring (bicyclic) bond motifs is 1. The molecular weight excluding hydrogens is 444 g/mol. The molecule has 0 radical (unpaired) electrons. The van der Waals surface area contributed by atoms with Gasteiger partial charge in [0.25, 0.3) is 5.91 Å². The first-order chi connectivity index (χ1) is 17.0. The van der Waals surface area contributed by atoms with Crippen molar-refractivity contribution in [2.75, 3.05) is 13.7 Å². The number of methoxy groups -OCH3 is 1. The van der Waals surface area contributed by atoms with Crippen molar-refractivity contribution in [3.8, 4) is 17.2 Å². The third-order valence-electron chi connectivity index (χ3n) is 5.20. The highest BCUT2D eigenvalue weighted by Gasteiger charge is 2.14. The fraction of sp³-hybridized carbons (Fsp3) is 0.107. The Labute approximate surface area is 202 Å². The number of rotatable bonds is 8. The molecule has 0 spiro atoms. The number of nitrogens with zero attached hydrogens (tertiary/aromatic N) is 1. The normalized spacial score (nSPS) is 10.8. The van der Waals surface area contributed by atoms with Gasteiger partial charge in [0, 0.05) is 5.56 Å². The van der Waals surface area contributed by atoms with E-state index in [-0.39, 0.29) is 6.61 Å². The van der Waals surface area contributed by atoms with Crippen LogP contribution in [0.25, 0.3) is 10.8 Å². The molecule has 0 fully saturated rings. The van der Waals surface area contributed by atoms with Gasteiger partial charge in [0.15, 0.2) is 6.61 Å². The van der Waals surface area contributed by atoms with Crippen LogP contribution in [0.3, 0.4) is 0 Å². The summed E-state index contributed by atoms with van der Waals surface area (Å²) in [6.45, 7) is 1.69. The molecule has 4 aromatic rings. The number of benzene rings is 4. The summed E-state index contributed by atoms with van der Waals surface area (Å²) in [6.07, 6.45) is 1.46. The van der Waals surface area contributed by atoms with Crippen LogP contribution in [-0.4, -0.2) is 31.8 Å². The molecule has 0 aliphatic carbocycles. The number of ether oxygens (including phenoxy) is 3. The number of carbonyl (C=O) groups excluding carboxylic acids is 2. The minimum absolute atomic E-state index is 0.214. The summed E-state index contributed by atoms with van der Waals surface area (Å²) >= 11 is 0. The number of aryl methyl sites for hydroxylation is 1. The lowest BCUT2D eigenvalue weighted by Crippen LogP contribution is -2.24. The van der Waals surface area contributed by atoms with E-state index in [1.54, 1.807) is 55.6 Å². The minimum Gasteiger partial charge on any atom is -0.497 e. The SMILES string of the molecule is COc1ccc(OCC(=O)N/N=C/c2c(OC(=O)c3cccc(C)c3)ccc3ccccc23)cc1. The third kappa shape index (κ3) is 6.03. The van der Waals surface area contributed by atoms with Gasteiger partial charge in [-0.25, -0.2) is 10.2 Å². The molecule has 7 heteroatoms. The fourth-order valence-corrected chi connectivity index (χ4v) is 3.45. The summed E-state index contributed by atoms with van der Waals surface area (Å²) in [6, 6.07) is 25.3. The van der Waals surface area contributed by atoms with Crippen molar-refractivity contribution >= 4 is 28.9 Å². The third-order valence-corrected chi connectivity index (χ3v) is 5.20. The predicted molar refractivity (Wildman–Crippen MR) is 134 cm³/mol.